The van der Waals surface area contributed by atoms with Gasteiger partial charge in [-0.05, 0) is 66.6 Å². The van der Waals surface area contributed by atoms with E-state index >= 15 is 0 Å². The molecule has 0 N–H and O–H groups in total. The van der Waals surface area contributed by atoms with Crippen LogP contribution in [0.2, 0.25) is 0 Å². The number of rotatable bonds is 13. The van der Waals surface area contributed by atoms with Crippen molar-refractivity contribution in [1.29, 1.82) is 0 Å². The second-order valence-electron chi connectivity index (χ2n) is 8.73. The average molecular weight is 555 g/mol. The summed E-state index contributed by atoms with van der Waals surface area (Å²) in [6, 6.07) is 23.4. The molecule has 0 aliphatic carbocycles. The van der Waals surface area contributed by atoms with Crippen molar-refractivity contribution < 1.29 is 35.6 Å². The van der Waals surface area contributed by atoms with Gasteiger partial charge in [0.1, 0.15) is 30.6 Å². The van der Waals surface area contributed by atoms with Crippen LogP contribution in [0.1, 0.15) is 23.1 Å². The molecule has 0 aliphatic heterocycles. The van der Waals surface area contributed by atoms with Crippen LogP contribution in [0.3, 0.4) is 0 Å². The highest BCUT2D eigenvalue weighted by Gasteiger charge is 2.15. The molecular formula is C30H28F2O6S. The SMILES string of the molecule is Cc1ccc(S(=O)(=O)OCCCOc2ccc(OCc3ccc(F)cc3)c(OCc3ccc(F)cc3)c2)cc1. The Hall–Kier alpha value is -3.95. The van der Waals surface area contributed by atoms with E-state index in [-0.39, 0.29) is 43.0 Å². The van der Waals surface area contributed by atoms with E-state index in [4.69, 9.17) is 18.4 Å². The lowest BCUT2D eigenvalue weighted by molar-refractivity contribution is 0.242. The van der Waals surface area contributed by atoms with E-state index in [1.54, 1.807) is 54.6 Å². The third-order valence-corrected chi connectivity index (χ3v) is 6.96. The van der Waals surface area contributed by atoms with Gasteiger partial charge in [0.25, 0.3) is 10.1 Å². The first kappa shape index (κ1) is 28.1. The molecule has 4 rings (SSSR count). The van der Waals surface area contributed by atoms with Crippen molar-refractivity contribution in [2.45, 2.75) is 31.5 Å². The van der Waals surface area contributed by atoms with Gasteiger partial charge in [0, 0.05) is 12.5 Å². The minimum absolute atomic E-state index is 0.0387. The summed E-state index contributed by atoms with van der Waals surface area (Å²) in [5.41, 5.74) is 2.50. The fraction of sp³-hybridized carbons (Fsp3) is 0.200. The molecule has 9 heteroatoms. The summed E-state index contributed by atoms with van der Waals surface area (Å²) < 4.78 is 73.8. The Balaban J connectivity index is 1.35. The van der Waals surface area contributed by atoms with Gasteiger partial charge < -0.3 is 14.2 Å². The van der Waals surface area contributed by atoms with E-state index < -0.39 is 10.1 Å². The molecule has 0 aliphatic rings. The zero-order chi connectivity index (χ0) is 27.7. The minimum atomic E-state index is -3.84. The standard InChI is InChI=1S/C30H28F2O6S/c1-22-3-14-28(15-4-22)39(33,34)38-18-2-17-35-27-13-16-29(36-20-23-5-9-25(31)10-6-23)30(19-27)37-21-24-7-11-26(32)12-8-24/h3-16,19H,2,17-18,20-21H2,1H3. The highest BCUT2D eigenvalue weighted by atomic mass is 32.2. The second kappa shape index (κ2) is 13.2. The lowest BCUT2D eigenvalue weighted by Gasteiger charge is -2.15. The summed E-state index contributed by atoms with van der Waals surface area (Å²) in [5.74, 6) is 0.660. The van der Waals surface area contributed by atoms with Gasteiger partial charge in [-0.3, -0.25) is 4.18 Å². The van der Waals surface area contributed by atoms with Crippen LogP contribution in [-0.4, -0.2) is 21.6 Å². The Morgan fingerprint density at radius 2 is 1.21 bits per heavy atom. The third-order valence-electron chi connectivity index (χ3n) is 5.64. The molecule has 0 atom stereocenters. The quantitative estimate of drug-likeness (QED) is 0.137. The monoisotopic (exact) mass is 554 g/mol. The first-order chi connectivity index (χ1) is 18.8. The van der Waals surface area contributed by atoms with Gasteiger partial charge in [-0.1, -0.05) is 42.0 Å². The highest BCUT2D eigenvalue weighted by molar-refractivity contribution is 7.86. The predicted molar refractivity (Wildman–Crippen MR) is 142 cm³/mol. The molecule has 0 radical (unpaired) electrons. The largest absolute Gasteiger partial charge is 0.493 e. The van der Waals surface area contributed by atoms with Crippen molar-refractivity contribution in [3.8, 4) is 17.2 Å². The first-order valence-corrected chi connectivity index (χ1v) is 13.7. The number of aryl methyl sites for hydroxylation is 1. The van der Waals surface area contributed by atoms with E-state index in [2.05, 4.69) is 0 Å². The molecule has 6 nitrogen and oxygen atoms in total. The van der Waals surface area contributed by atoms with Crippen molar-refractivity contribution in [3.05, 3.63) is 119 Å². The van der Waals surface area contributed by atoms with Crippen LogP contribution < -0.4 is 14.2 Å². The lowest BCUT2D eigenvalue weighted by Crippen LogP contribution is -2.10. The number of hydrogen-bond acceptors (Lipinski definition) is 6. The lowest BCUT2D eigenvalue weighted by atomic mass is 10.2. The molecule has 0 heterocycles. The Labute approximate surface area is 226 Å². The number of benzene rings is 4. The molecule has 204 valence electrons. The average Bonchev–Trinajstić information content (AvgIpc) is 2.93. The minimum Gasteiger partial charge on any atom is -0.493 e. The van der Waals surface area contributed by atoms with Gasteiger partial charge in [0.15, 0.2) is 11.5 Å². The van der Waals surface area contributed by atoms with Gasteiger partial charge in [-0.2, -0.15) is 8.42 Å². The highest BCUT2D eigenvalue weighted by Crippen LogP contribution is 2.33. The second-order valence-corrected chi connectivity index (χ2v) is 10.3. The van der Waals surface area contributed by atoms with E-state index in [0.717, 1.165) is 16.7 Å². The molecule has 0 saturated heterocycles. The Morgan fingerprint density at radius 1 is 0.641 bits per heavy atom. The molecule has 0 fully saturated rings. The Morgan fingerprint density at radius 3 is 1.79 bits per heavy atom. The fourth-order valence-corrected chi connectivity index (χ4v) is 4.43. The number of halogens is 2. The maximum Gasteiger partial charge on any atom is 0.296 e. The third kappa shape index (κ3) is 8.53. The van der Waals surface area contributed by atoms with Crippen molar-refractivity contribution in [3.63, 3.8) is 0 Å². The number of hydrogen-bond donors (Lipinski definition) is 0. The predicted octanol–water partition coefficient (Wildman–Crippen LogP) is 6.61. The summed E-state index contributed by atoms with van der Waals surface area (Å²) in [6.07, 6.45) is 0.333. The first-order valence-electron chi connectivity index (χ1n) is 12.3. The maximum absolute atomic E-state index is 13.2. The van der Waals surface area contributed by atoms with Gasteiger partial charge in [0.05, 0.1) is 18.1 Å². The van der Waals surface area contributed by atoms with Crippen LogP contribution in [0.4, 0.5) is 8.78 Å². The van der Waals surface area contributed by atoms with Crippen molar-refractivity contribution in [2.24, 2.45) is 0 Å². The summed E-state index contributed by atoms with van der Waals surface area (Å²) in [4.78, 5) is 0.105. The molecule has 4 aromatic rings. The molecule has 0 amide bonds. The van der Waals surface area contributed by atoms with E-state index in [1.165, 1.54) is 36.4 Å². The van der Waals surface area contributed by atoms with E-state index in [0.29, 0.717) is 23.7 Å². The Kier molecular flexibility index (Phi) is 9.51. The number of ether oxygens (including phenoxy) is 3. The summed E-state index contributed by atoms with van der Waals surface area (Å²) in [6.45, 7) is 2.40. The zero-order valence-electron chi connectivity index (χ0n) is 21.3. The van der Waals surface area contributed by atoms with Gasteiger partial charge in [-0.25, -0.2) is 8.78 Å². The van der Waals surface area contributed by atoms with Gasteiger partial charge in [0.2, 0.25) is 0 Å². The van der Waals surface area contributed by atoms with Crippen LogP contribution >= 0.6 is 0 Å². The fourth-order valence-electron chi connectivity index (χ4n) is 3.48. The molecule has 0 bridgehead atoms. The van der Waals surface area contributed by atoms with E-state index in [1.807, 2.05) is 6.92 Å². The molecular weight excluding hydrogens is 526 g/mol. The summed E-state index contributed by atoms with van der Waals surface area (Å²) in [5, 5.41) is 0. The normalized spacial score (nSPS) is 11.3. The molecule has 0 spiro atoms. The van der Waals surface area contributed by atoms with Gasteiger partial charge >= 0.3 is 0 Å². The van der Waals surface area contributed by atoms with Crippen LogP contribution in [0.15, 0.2) is 95.9 Å². The molecule has 39 heavy (non-hydrogen) atoms. The van der Waals surface area contributed by atoms with Crippen LogP contribution in [0.5, 0.6) is 17.2 Å². The Bertz CT molecular complexity index is 1460. The van der Waals surface area contributed by atoms with Gasteiger partial charge in [-0.15, -0.1) is 0 Å². The van der Waals surface area contributed by atoms with Crippen LogP contribution in [0.25, 0.3) is 0 Å². The van der Waals surface area contributed by atoms with Crippen LogP contribution in [0, 0.1) is 18.6 Å². The van der Waals surface area contributed by atoms with Crippen LogP contribution in [-0.2, 0) is 27.5 Å². The molecule has 0 unspecified atom stereocenters. The summed E-state index contributed by atoms with van der Waals surface area (Å²) in [7, 11) is -3.84. The van der Waals surface area contributed by atoms with Crippen molar-refractivity contribution in [1.82, 2.24) is 0 Å². The maximum atomic E-state index is 13.2. The van der Waals surface area contributed by atoms with E-state index in [9.17, 15) is 17.2 Å². The molecule has 0 saturated carbocycles. The smallest absolute Gasteiger partial charge is 0.296 e. The molecule has 4 aromatic carbocycles. The van der Waals surface area contributed by atoms with Crippen molar-refractivity contribution >= 4 is 10.1 Å². The zero-order valence-corrected chi connectivity index (χ0v) is 22.1. The topological polar surface area (TPSA) is 71.1 Å². The molecule has 0 aromatic heterocycles. The summed E-state index contributed by atoms with van der Waals surface area (Å²) >= 11 is 0. The van der Waals surface area contributed by atoms with Crippen molar-refractivity contribution in [2.75, 3.05) is 13.2 Å².